The van der Waals surface area contributed by atoms with Crippen molar-refractivity contribution in [1.82, 2.24) is 0 Å². The summed E-state index contributed by atoms with van der Waals surface area (Å²) in [7, 11) is 0. The number of ether oxygens (including phenoxy) is 3. The van der Waals surface area contributed by atoms with E-state index < -0.39 is 0 Å². The average molecular weight is 467 g/mol. The lowest BCUT2D eigenvalue weighted by molar-refractivity contribution is -0.145. The summed E-state index contributed by atoms with van der Waals surface area (Å²) >= 11 is 5.24. The van der Waals surface area contributed by atoms with Crippen LogP contribution in [0.5, 0.6) is 11.5 Å². The highest BCUT2D eigenvalue weighted by Gasteiger charge is 2.11. The van der Waals surface area contributed by atoms with Gasteiger partial charge in [0.2, 0.25) is 0 Å². The normalized spacial score (nSPS) is 10.8. The third-order valence-electron chi connectivity index (χ3n) is 3.78. The Morgan fingerprint density at radius 1 is 1.07 bits per heavy atom. The molecule has 28 heavy (non-hydrogen) atoms. The number of hydrogen-bond acceptors (Lipinski definition) is 5. The van der Waals surface area contributed by atoms with Gasteiger partial charge in [-0.1, -0.05) is 41.5 Å². The largest absolute Gasteiger partial charge is 0.493 e. The molecule has 0 aliphatic rings. The minimum absolute atomic E-state index is 0.0806. The van der Waals surface area contributed by atoms with Crippen molar-refractivity contribution in [1.29, 1.82) is 0 Å². The van der Waals surface area contributed by atoms with Gasteiger partial charge in [0.15, 0.2) is 6.61 Å². The average Bonchev–Trinajstić information content (AvgIpc) is 2.61. The molecule has 0 bridgehead atoms. The zero-order chi connectivity index (χ0) is 20.7. The van der Waals surface area contributed by atoms with Crippen LogP contribution < -0.4 is 9.47 Å². The predicted octanol–water partition coefficient (Wildman–Crippen LogP) is 6.19. The summed E-state index contributed by atoms with van der Waals surface area (Å²) in [4.78, 5) is 13.7. The smallest absolute Gasteiger partial charge is 0.344 e. The fraction of sp³-hybridized carbons (Fsp3) is 0.409. The molecule has 0 unspecified atom stereocenters. The number of hydrogen-bond donors (Lipinski definition) is 0. The van der Waals surface area contributed by atoms with Crippen LogP contribution in [0.25, 0.3) is 0 Å². The molecule has 0 atom stereocenters. The van der Waals surface area contributed by atoms with E-state index in [1.165, 1.54) is 0 Å². The Hall–Kier alpha value is -1.66. The van der Waals surface area contributed by atoms with Gasteiger partial charge in [-0.15, -0.1) is 0 Å². The Morgan fingerprint density at radius 2 is 1.82 bits per heavy atom. The van der Waals surface area contributed by atoms with Crippen LogP contribution >= 0.6 is 27.7 Å². The number of rotatable bonds is 9. The summed E-state index contributed by atoms with van der Waals surface area (Å²) in [6, 6.07) is 10.2. The van der Waals surface area contributed by atoms with Gasteiger partial charge in [-0.05, 0) is 68.1 Å². The monoisotopic (exact) mass is 466 g/mol. The first-order valence-electron chi connectivity index (χ1n) is 9.29. The van der Waals surface area contributed by atoms with Crippen LogP contribution in [0.15, 0.2) is 44.6 Å². The summed E-state index contributed by atoms with van der Waals surface area (Å²) in [6.45, 7) is 11.0. The number of esters is 1. The van der Waals surface area contributed by atoms with E-state index in [1.807, 2.05) is 26.0 Å². The van der Waals surface area contributed by atoms with Crippen molar-refractivity contribution in [2.75, 3.05) is 19.8 Å². The van der Waals surface area contributed by atoms with Gasteiger partial charge in [0.1, 0.15) is 11.5 Å². The van der Waals surface area contributed by atoms with Gasteiger partial charge >= 0.3 is 5.97 Å². The Morgan fingerprint density at radius 3 is 2.50 bits per heavy atom. The highest BCUT2D eigenvalue weighted by Crippen LogP contribution is 2.37. The zero-order valence-corrected chi connectivity index (χ0v) is 19.4. The third kappa shape index (κ3) is 7.06. The lowest BCUT2D eigenvalue weighted by Gasteiger charge is -2.14. The molecule has 0 saturated heterocycles. The van der Waals surface area contributed by atoms with Gasteiger partial charge in [-0.3, -0.25) is 0 Å². The molecule has 0 heterocycles. The highest BCUT2D eigenvalue weighted by atomic mass is 79.9. The van der Waals surface area contributed by atoms with Gasteiger partial charge in [-0.2, -0.15) is 0 Å². The Balaban J connectivity index is 2.14. The molecule has 0 N–H and O–H groups in total. The van der Waals surface area contributed by atoms with Crippen molar-refractivity contribution in [3.05, 3.63) is 45.9 Å². The highest BCUT2D eigenvalue weighted by molar-refractivity contribution is 9.10. The minimum atomic E-state index is -0.360. The van der Waals surface area contributed by atoms with E-state index >= 15 is 0 Å². The molecule has 2 rings (SSSR count). The molecule has 2 aromatic rings. The Labute approximate surface area is 180 Å². The Bertz CT molecular complexity index is 820. The summed E-state index contributed by atoms with van der Waals surface area (Å²) in [6.07, 6.45) is 0. The molecule has 0 amide bonds. The summed E-state index contributed by atoms with van der Waals surface area (Å²) in [5, 5.41) is 0. The molecule has 0 aliphatic carbocycles. The van der Waals surface area contributed by atoms with Crippen LogP contribution in [0.4, 0.5) is 0 Å². The quantitative estimate of drug-likeness (QED) is 0.412. The number of aryl methyl sites for hydroxylation is 2. The molecular weight excluding hydrogens is 440 g/mol. The molecular formula is C22H27BrO4S. The number of benzene rings is 2. The number of carbonyl (C=O) groups is 1. The molecule has 0 saturated carbocycles. The van der Waals surface area contributed by atoms with Crippen LogP contribution in [-0.4, -0.2) is 25.8 Å². The molecule has 152 valence electrons. The second kappa shape index (κ2) is 10.8. The number of carbonyl (C=O) groups excluding carboxylic acids is 1. The lowest BCUT2D eigenvalue weighted by atomic mass is 10.1. The topological polar surface area (TPSA) is 44.8 Å². The summed E-state index contributed by atoms with van der Waals surface area (Å²) in [5.41, 5.74) is 2.06. The minimum Gasteiger partial charge on any atom is -0.493 e. The first-order chi connectivity index (χ1) is 13.3. The first kappa shape index (κ1) is 22.6. The van der Waals surface area contributed by atoms with Crippen LogP contribution in [0, 0.1) is 19.8 Å². The SMILES string of the molecule is CCOC(=O)COc1cc(C)c(Sc2cc(Br)cc(OCC(C)C)c2)cc1C. The van der Waals surface area contributed by atoms with Crippen molar-refractivity contribution < 1.29 is 19.0 Å². The maximum absolute atomic E-state index is 11.5. The molecule has 2 aromatic carbocycles. The van der Waals surface area contributed by atoms with Crippen molar-refractivity contribution >= 4 is 33.7 Å². The van der Waals surface area contributed by atoms with Gasteiger partial charge in [0.05, 0.1) is 13.2 Å². The van der Waals surface area contributed by atoms with E-state index in [4.69, 9.17) is 14.2 Å². The van der Waals surface area contributed by atoms with E-state index in [1.54, 1.807) is 18.7 Å². The fourth-order valence-electron chi connectivity index (χ4n) is 2.44. The standard InChI is InChI=1S/C22H27BrO4S/c1-6-25-22(24)13-27-20-7-16(5)21(8-15(20)4)28-19-10-17(23)9-18(11-19)26-12-14(2)3/h7-11,14H,6,12-13H2,1-5H3. The Kier molecular flexibility index (Phi) is 8.70. The second-order valence-corrected chi connectivity index (χ2v) is 8.94. The molecule has 0 aliphatic heterocycles. The zero-order valence-electron chi connectivity index (χ0n) is 17.0. The molecule has 0 spiro atoms. The maximum atomic E-state index is 11.5. The van der Waals surface area contributed by atoms with Gasteiger partial charge < -0.3 is 14.2 Å². The van der Waals surface area contributed by atoms with Crippen molar-refractivity contribution in [3.63, 3.8) is 0 Å². The van der Waals surface area contributed by atoms with Crippen molar-refractivity contribution in [3.8, 4) is 11.5 Å². The van der Waals surface area contributed by atoms with Crippen LogP contribution in [-0.2, 0) is 9.53 Å². The van der Waals surface area contributed by atoms with Crippen LogP contribution in [0.2, 0.25) is 0 Å². The second-order valence-electron chi connectivity index (χ2n) is 6.91. The molecule has 6 heteroatoms. The lowest BCUT2D eigenvalue weighted by Crippen LogP contribution is -2.15. The van der Waals surface area contributed by atoms with E-state index in [0.717, 1.165) is 31.1 Å². The molecule has 0 radical (unpaired) electrons. The van der Waals surface area contributed by atoms with Crippen molar-refractivity contribution in [2.24, 2.45) is 5.92 Å². The van der Waals surface area contributed by atoms with Gasteiger partial charge in [0.25, 0.3) is 0 Å². The van der Waals surface area contributed by atoms with E-state index in [0.29, 0.717) is 24.9 Å². The third-order valence-corrected chi connectivity index (χ3v) is 5.37. The van der Waals surface area contributed by atoms with Crippen LogP contribution in [0.1, 0.15) is 31.9 Å². The van der Waals surface area contributed by atoms with Crippen molar-refractivity contribution in [2.45, 2.75) is 44.4 Å². The fourth-order valence-corrected chi connectivity index (χ4v) is 4.13. The van der Waals surface area contributed by atoms with E-state index in [9.17, 15) is 4.79 Å². The number of halogens is 1. The van der Waals surface area contributed by atoms with Crippen LogP contribution in [0.3, 0.4) is 0 Å². The molecule has 4 nitrogen and oxygen atoms in total. The molecule has 0 fully saturated rings. The molecule has 0 aromatic heterocycles. The first-order valence-corrected chi connectivity index (χ1v) is 10.9. The van der Waals surface area contributed by atoms with Gasteiger partial charge in [-0.25, -0.2) is 4.79 Å². The summed E-state index contributed by atoms with van der Waals surface area (Å²) < 4.78 is 17.4. The van der Waals surface area contributed by atoms with Gasteiger partial charge in [0, 0.05) is 14.3 Å². The predicted molar refractivity (Wildman–Crippen MR) is 117 cm³/mol. The maximum Gasteiger partial charge on any atom is 0.344 e. The van der Waals surface area contributed by atoms with E-state index in [2.05, 4.69) is 48.0 Å². The summed E-state index contributed by atoms with van der Waals surface area (Å²) in [5.74, 6) is 1.67. The van der Waals surface area contributed by atoms with E-state index in [-0.39, 0.29) is 12.6 Å².